The third kappa shape index (κ3) is 7.33. The second-order valence-electron chi connectivity index (χ2n) is 6.49. The van der Waals surface area contributed by atoms with Crippen molar-refractivity contribution < 1.29 is 9.53 Å². The van der Waals surface area contributed by atoms with Gasteiger partial charge in [-0.1, -0.05) is 64.1 Å². The van der Waals surface area contributed by atoms with Crippen LogP contribution in [0.2, 0.25) is 5.15 Å². The second-order valence-corrected chi connectivity index (χ2v) is 6.88. The standard InChI is InChI=1S/C22H20ClN3O2.2C2H6/c1-3-15-6-7-21(23)26-20(15)8-14(2)11-25-22(27)16-4-5-17-12-28-13-18(10-24)19(17)9-16;2*1-2/h3-9,18H,2,11-13H2,1H3,(H,25,27);2*1-2H3/b15-3-,20-8+;;/t18-;;/m1../s1. The van der Waals surface area contributed by atoms with Gasteiger partial charge in [-0.15, -0.1) is 0 Å². The van der Waals surface area contributed by atoms with Gasteiger partial charge in [0.05, 0.1) is 30.6 Å². The Morgan fingerprint density at radius 1 is 1.31 bits per heavy atom. The molecule has 1 amide bonds. The molecule has 0 fully saturated rings. The highest BCUT2D eigenvalue weighted by Crippen LogP contribution is 2.27. The molecule has 1 aromatic carbocycles. The molecule has 3 rings (SSSR count). The van der Waals surface area contributed by atoms with Gasteiger partial charge < -0.3 is 10.1 Å². The van der Waals surface area contributed by atoms with Gasteiger partial charge in [-0.2, -0.15) is 5.26 Å². The van der Waals surface area contributed by atoms with Crippen molar-refractivity contribution in [3.63, 3.8) is 0 Å². The summed E-state index contributed by atoms with van der Waals surface area (Å²) in [4.78, 5) is 16.8. The number of carbonyl (C=O) groups excluding carboxylic acids is 1. The highest BCUT2D eigenvalue weighted by atomic mass is 35.5. The van der Waals surface area contributed by atoms with Gasteiger partial charge in [-0.25, -0.2) is 4.98 Å². The molecule has 1 N–H and O–H groups in total. The Kier molecular flexibility index (Phi) is 12.0. The van der Waals surface area contributed by atoms with E-state index >= 15 is 0 Å². The smallest absolute Gasteiger partial charge is 0.251 e. The van der Waals surface area contributed by atoms with E-state index in [0.717, 1.165) is 16.3 Å². The maximum atomic E-state index is 12.5. The van der Waals surface area contributed by atoms with Gasteiger partial charge in [-0.3, -0.25) is 4.79 Å². The van der Waals surface area contributed by atoms with Crippen LogP contribution in [0.15, 0.2) is 42.5 Å². The maximum absolute atomic E-state index is 12.5. The molecule has 0 spiro atoms. The lowest BCUT2D eigenvalue weighted by molar-refractivity contribution is 0.0952. The lowest BCUT2D eigenvalue weighted by atomic mass is 9.92. The van der Waals surface area contributed by atoms with Crippen LogP contribution in [0.25, 0.3) is 12.2 Å². The van der Waals surface area contributed by atoms with Crippen molar-refractivity contribution in [3.8, 4) is 6.07 Å². The van der Waals surface area contributed by atoms with Crippen molar-refractivity contribution in [2.75, 3.05) is 13.2 Å². The lowest BCUT2D eigenvalue weighted by Gasteiger charge is -2.21. The Labute approximate surface area is 196 Å². The fourth-order valence-corrected chi connectivity index (χ4v) is 3.19. The highest BCUT2D eigenvalue weighted by Gasteiger charge is 2.21. The number of benzene rings is 1. The zero-order valence-electron chi connectivity index (χ0n) is 19.5. The van der Waals surface area contributed by atoms with Crippen molar-refractivity contribution in [2.24, 2.45) is 0 Å². The first kappa shape index (κ1) is 27.1. The topological polar surface area (TPSA) is 75.0 Å². The Morgan fingerprint density at radius 2 is 2.03 bits per heavy atom. The van der Waals surface area contributed by atoms with E-state index in [9.17, 15) is 10.1 Å². The molecule has 2 heterocycles. The van der Waals surface area contributed by atoms with Crippen LogP contribution >= 0.6 is 11.6 Å². The van der Waals surface area contributed by atoms with Crippen LogP contribution in [0.5, 0.6) is 0 Å². The molecule has 0 saturated heterocycles. The predicted molar refractivity (Wildman–Crippen MR) is 132 cm³/mol. The van der Waals surface area contributed by atoms with Crippen LogP contribution in [0.3, 0.4) is 0 Å². The van der Waals surface area contributed by atoms with Crippen LogP contribution in [0.4, 0.5) is 0 Å². The third-order valence-electron chi connectivity index (χ3n) is 4.53. The minimum Gasteiger partial charge on any atom is -0.375 e. The average Bonchev–Trinajstić information content (AvgIpc) is 2.84. The number of nitriles is 1. The fraction of sp³-hybridized carbons (Fsp3) is 0.346. The normalized spacial score (nSPS) is 15.2. The zero-order chi connectivity index (χ0) is 24.1. The Morgan fingerprint density at radius 3 is 2.69 bits per heavy atom. The summed E-state index contributed by atoms with van der Waals surface area (Å²) < 4.78 is 5.41. The average molecular weight is 454 g/mol. The summed E-state index contributed by atoms with van der Waals surface area (Å²) in [7, 11) is 0. The number of rotatable bonds is 4. The van der Waals surface area contributed by atoms with Crippen LogP contribution in [0.1, 0.15) is 62.0 Å². The van der Waals surface area contributed by atoms with E-state index in [-0.39, 0.29) is 18.4 Å². The maximum Gasteiger partial charge on any atom is 0.251 e. The van der Waals surface area contributed by atoms with Gasteiger partial charge in [0.2, 0.25) is 0 Å². The molecule has 1 aliphatic rings. The van der Waals surface area contributed by atoms with Crippen molar-refractivity contribution in [3.05, 3.63) is 74.9 Å². The summed E-state index contributed by atoms with van der Waals surface area (Å²) in [5, 5.41) is 14.2. The molecule has 0 radical (unpaired) electrons. The highest BCUT2D eigenvalue weighted by molar-refractivity contribution is 6.29. The van der Waals surface area contributed by atoms with Crippen LogP contribution < -0.4 is 15.9 Å². The monoisotopic (exact) mass is 453 g/mol. The van der Waals surface area contributed by atoms with Crippen molar-refractivity contribution in [2.45, 2.75) is 47.1 Å². The first-order chi connectivity index (χ1) is 15.5. The third-order valence-corrected chi connectivity index (χ3v) is 4.74. The molecule has 1 atom stereocenters. The molecule has 0 saturated carbocycles. The first-order valence-corrected chi connectivity index (χ1v) is 11.3. The Bertz CT molecular complexity index is 1090. The van der Waals surface area contributed by atoms with E-state index in [1.54, 1.807) is 24.3 Å². The van der Waals surface area contributed by atoms with Gasteiger partial charge in [-0.05, 0) is 53.1 Å². The quantitative estimate of drug-likeness (QED) is 0.692. The van der Waals surface area contributed by atoms with E-state index < -0.39 is 0 Å². The van der Waals surface area contributed by atoms with Gasteiger partial charge >= 0.3 is 0 Å². The van der Waals surface area contributed by atoms with E-state index in [1.807, 2.05) is 52.8 Å². The number of hydrogen-bond donors (Lipinski definition) is 1. The number of aromatic nitrogens is 1. The van der Waals surface area contributed by atoms with E-state index in [1.165, 1.54) is 0 Å². The van der Waals surface area contributed by atoms with E-state index in [4.69, 9.17) is 16.3 Å². The number of fused-ring (bicyclic) bond motifs is 1. The Balaban J connectivity index is 0.00000121. The van der Waals surface area contributed by atoms with Crippen LogP contribution in [-0.4, -0.2) is 24.0 Å². The minimum absolute atomic E-state index is 0.220. The number of nitrogens with one attached hydrogen (secondary N) is 1. The molecule has 32 heavy (non-hydrogen) atoms. The lowest BCUT2D eigenvalue weighted by Crippen LogP contribution is -2.30. The molecule has 5 nitrogen and oxygen atoms in total. The summed E-state index contributed by atoms with van der Waals surface area (Å²) in [6, 6.07) is 11.2. The molecule has 6 heteroatoms. The van der Waals surface area contributed by atoms with E-state index in [0.29, 0.717) is 34.9 Å². The summed E-state index contributed by atoms with van der Waals surface area (Å²) in [5.74, 6) is -0.570. The first-order valence-electron chi connectivity index (χ1n) is 10.9. The molecular formula is C26H32ClN3O2. The second kappa shape index (κ2) is 14.2. The summed E-state index contributed by atoms with van der Waals surface area (Å²) >= 11 is 5.97. The molecule has 0 bridgehead atoms. The predicted octanol–water partition coefficient (Wildman–Crippen LogP) is 4.49. The number of nitrogens with zero attached hydrogens (tertiary/aromatic N) is 2. The number of carbonyl (C=O) groups is 1. The number of halogens is 1. The van der Waals surface area contributed by atoms with Gasteiger partial charge in [0.25, 0.3) is 5.91 Å². The zero-order valence-corrected chi connectivity index (χ0v) is 20.3. The van der Waals surface area contributed by atoms with Crippen molar-refractivity contribution in [1.29, 1.82) is 5.26 Å². The number of hydrogen-bond acceptors (Lipinski definition) is 4. The van der Waals surface area contributed by atoms with E-state index in [2.05, 4.69) is 22.9 Å². The van der Waals surface area contributed by atoms with Crippen molar-refractivity contribution >= 4 is 29.7 Å². The number of ether oxygens (including phenoxy) is 1. The molecule has 170 valence electrons. The summed E-state index contributed by atoms with van der Waals surface area (Å²) in [6.45, 7) is 15.0. The molecule has 0 unspecified atom stereocenters. The number of pyridine rings is 1. The molecule has 1 aromatic heterocycles. The van der Waals surface area contributed by atoms with Gasteiger partial charge in [0.15, 0.2) is 0 Å². The molecular weight excluding hydrogens is 422 g/mol. The molecule has 0 aliphatic carbocycles. The SMILES string of the molecule is C=C(/C=c1/nc(Cl)cc/c1=C/C)CNC(=O)c1ccc2c(c1)[C@H](C#N)COC2.CC.CC. The number of amides is 1. The summed E-state index contributed by atoms with van der Waals surface area (Å²) in [5.41, 5.74) is 3.02. The fourth-order valence-electron chi connectivity index (χ4n) is 3.04. The molecule has 2 aromatic rings. The molecule has 1 aliphatic heterocycles. The van der Waals surface area contributed by atoms with Gasteiger partial charge in [0, 0.05) is 12.1 Å². The Hall–Kier alpha value is -2.94. The summed E-state index contributed by atoms with van der Waals surface area (Å²) in [6.07, 6.45) is 3.74. The van der Waals surface area contributed by atoms with Gasteiger partial charge in [0.1, 0.15) is 5.15 Å². The van der Waals surface area contributed by atoms with Crippen LogP contribution in [0, 0.1) is 11.3 Å². The van der Waals surface area contributed by atoms with Crippen molar-refractivity contribution in [1.82, 2.24) is 10.3 Å². The minimum atomic E-state index is -0.350. The van der Waals surface area contributed by atoms with Crippen LogP contribution in [-0.2, 0) is 11.3 Å². The largest absolute Gasteiger partial charge is 0.375 e.